The molecule has 2 heterocycles. The first kappa shape index (κ1) is 18.4. The van der Waals surface area contributed by atoms with Gasteiger partial charge in [0.1, 0.15) is 0 Å². The molecule has 0 fully saturated rings. The molecule has 1 atom stereocenters. The minimum absolute atomic E-state index is 0.135. The largest absolute Gasteiger partial charge is 0.350 e. The van der Waals surface area contributed by atoms with E-state index in [-0.39, 0.29) is 16.7 Å². The Kier molecular flexibility index (Phi) is 5.01. The van der Waals surface area contributed by atoms with Gasteiger partial charge in [0.05, 0.1) is 11.0 Å². The standard InChI is InChI=1S/C23H25N3O2/c1-17-9-10-20(14-18(17)2)23-22-8-4-11-24(22)12-5-13-25(23)16-19-6-3-7-21(15-19)26(27)28/h3-4,6-11,14-15,23H,5,12-13,16H2,1-2H3. The van der Waals surface area contributed by atoms with Crippen LogP contribution in [0.1, 0.15) is 40.4 Å². The molecular weight excluding hydrogens is 350 g/mol. The molecule has 1 aliphatic heterocycles. The molecule has 1 aliphatic rings. The molecule has 28 heavy (non-hydrogen) atoms. The van der Waals surface area contributed by atoms with E-state index in [4.69, 9.17) is 0 Å². The van der Waals surface area contributed by atoms with E-state index in [9.17, 15) is 10.1 Å². The van der Waals surface area contributed by atoms with Crippen molar-refractivity contribution in [2.24, 2.45) is 0 Å². The lowest BCUT2D eigenvalue weighted by atomic mass is 9.97. The lowest BCUT2D eigenvalue weighted by molar-refractivity contribution is -0.384. The molecule has 4 rings (SSSR count). The van der Waals surface area contributed by atoms with E-state index in [1.807, 2.05) is 6.07 Å². The second-order valence-corrected chi connectivity index (χ2v) is 7.62. The Labute approximate surface area is 165 Å². The van der Waals surface area contributed by atoms with Gasteiger partial charge in [-0.3, -0.25) is 15.0 Å². The average molecular weight is 375 g/mol. The summed E-state index contributed by atoms with van der Waals surface area (Å²) in [6.45, 7) is 6.91. The molecule has 5 nitrogen and oxygen atoms in total. The van der Waals surface area contributed by atoms with Crippen molar-refractivity contribution < 1.29 is 4.92 Å². The van der Waals surface area contributed by atoms with E-state index in [0.29, 0.717) is 6.54 Å². The Balaban J connectivity index is 1.74. The fraction of sp³-hybridized carbons (Fsp3) is 0.304. The smallest absolute Gasteiger partial charge is 0.269 e. The van der Waals surface area contributed by atoms with Crippen LogP contribution in [0.15, 0.2) is 60.8 Å². The maximum absolute atomic E-state index is 11.2. The van der Waals surface area contributed by atoms with Gasteiger partial charge >= 0.3 is 0 Å². The third-order valence-electron chi connectivity index (χ3n) is 5.71. The number of hydrogen-bond donors (Lipinski definition) is 0. The molecule has 0 amide bonds. The van der Waals surface area contributed by atoms with Crippen molar-refractivity contribution in [3.63, 3.8) is 0 Å². The molecular formula is C23H25N3O2. The van der Waals surface area contributed by atoms with Gasteiger partial charge in [-0.1, -0.05) is 30.3 Å². The summed E-state index contributed by atoms with van der Waals surface area (Å²) in [6, 6.07) is 18.1. The Morgan fingerprint density at radius 3 is 2.68 bits per heavy atom. The number of hydrogen-bond acceptors (Lipinski definition) is 3. The minimum atomic E-state index is -0.322. The number of benzene rings is 2. The van der Waals surface area contributed by atoms with Crippen LogP contribution in [0.2, 0.25) is 0 Å². The molecule has 0 saturated carbocycles. The summed E-state index contributed by atoms with van der Waals surface area (Å²) in [5.74, 6) is 0. The van der Waals surface area contributed by atoms with Gasteiger partial charge in [0.25, 0.3) is 5.69 Å². The maximum Gasteiger partial charge on any atom is 0.269 e. The third kappa shape index (κ3) is 3.58. The minimum Gasteiger partial charge on any atom is -0.350 e. The number of nitro groups is 1. The SMILES string of the molecule is Cc1ccc(C2c3cccn3CCCN2Cc2cccc([N+](=O)[O-])c2)cc1C. The predicted molar refractivity (Wildman–Crippen MR) is 110 cm³/mol. The first-order valence-electron chi connectivity index (χ1n) is 9.72. The Morgan fingerprint density at radius 2 is 1.89 bits per heavy atom. The van der Waals surface area contributed by atoms with Crippen molar-refractivity contribution in [3.05, 3.63) is 98.9 Å². The third-order valence-corrected chi connectivity index (χ3v) is 5.71. The Hall–Kier alpha value is -2.92. The molecule has 0 bridgehead atoms. The highest BCUT2D eigenvalue weighted by Gasteiger charge is 2.27. The van der Waals surface area contributed by atoms with E-state index in [2.05, 4.69) is 59.8 Å². The van der Waals surface area contributed by atoms with E-state index < -0.39 is 0 Å². The molecule has 0 spiro atoms. The van der Waals surface area contributed by atoms with Crippen LogP contribution in [0.25, 0.3) is 0 Å². The van der Waals surface area contributed by atoms with Crippen molar-refractivity contribution >= 4 is 5.69 Å². The van der Waals surface area contributed by atoms with Gasteiger partial charge < -0.3 is 4.57 Å². The molecule has 0 N–H and O–H groups in total. The summed E-state index contributed by atoms with van der Waals surface area (Å²) in [5.41, 5.74) is 6.26. The van der Waals surface area contributed by atoms with Crippen molar-refractivity contribution in [3.8, 4) is 0 Å². The summed E-state index contributed by atoms with van der Waals surface area (Å²) >= 11 is 0. The molecule has 1 unspecified atom stereocenters. The second kappa shape index (κ2) is 7.60. The van der Waals surface area contributed by atoms with Crippen molar-refractivity contribution in [1.29, 1.82) is 0 Å². The first-order valence-corrected chi connectivity index (χ1v) is 9.72. The van der Waals surface area contributed by atoms with Crippen LogP contribution in [-0.4, -0.2) is 20.9 Å². The molecule has 5 heteroatoms. The highest BCUT2D eigenvalue weighted by atomic mass is 16.6. The molecule has 2 aromatic carbocycles. The van der Waals surface area contributed by atoms with E-state index >= 15 is 0 Å². The monoisotopic (exact) mass is 375 g/mol. The fourth-order valence-corrected chi connectivity index (χ4v) is 4.13. The summed E-state index contributed by atoms with van der Waals surface area (Å²) in [7, 11) is 0. The second-order valence-electron chi connectivity index (χ2n) is 7.62. The predicted octanol–water partition coefficient (Wildman–Crippen LogP) is 5.01. The van der Waals surface area contributed by atoms with Crippen LogP contribution >= 0.6 is 0 Å². The van der Waals surface area contributed by atoms with Crippen LogP contribution in [0.4, 0.5) is 5.69 Å². The summed E-state index contributed by atoms with van der Waals surface area (Å²) < 4.78 is 2.34. The fourth-order valence-electron chi connectivity index (χ4n) is 4.13. The number of non-ortho nitro benzene ring substituents is 1. The van der Waals surface area contributed by atoms with Crippen LogP contribution in [0.3, 0.4) is 0 Å². The van der Waals surface area contributed by atoms with Crippen molar-refractivity contribution in [2.45, 2.75) is 39.4 Å². The maximum atomic E-state index is 11.2. The highest BCUT2D eigenvalue weighted by Crippen LogP contribution is 2.34. The molecule has 0 aliphatic carbocycles. The quantitative estimate of drug-likeness (QED) is 0.476. The van der Waals surface area contributed by atoms with Gasteiger partial charge in [0, 0.05) is 43.7 Å². The number of rotatable bonds is 4. The van der Waals surface area contributed by atoms with Crippen LogP contribution < -0.4 is 0 Å². The Bertz CT molecular complexity index is 1010. The van der Waals surface area contributed by atoms with E-state index in [1.165, 1.54) is 22.4 Å². The molecule has 1 aromatic heterocycles. The van der Waals surface area contributed by atoms with Gasteiger partial charge in [-0.05, 0) is 54.7 Å². The lowest BCUT2D eigenvalue weighted by Gasteiger charge is -2.31. The van der Waals surface area contributed by atoms with Crippen molar-refractivity contribution in [2.75, 3.05) is 6.54 Å². The van der Waals surface area contributed by atoms with Gasteiger partial charge in [-0.25, -0.2) is 0 Å². The highest BCUT2D eigenvalue weighted by molar-refractivity contribution is 5.37. The number of aromatic nitrogens is 1. The average Bonchev–Trinajstić information content (AvgIpc) is 3.06. The van der Waals surface area contributed by atoms with E-state index in [0.717, 1.165) is 25.1 Å². The topological polar surface area (TPSA) is 51.3 Å². The van der Waals surface area contributed by atoms with Crippen LogP contribution in [-0.2, 0) is 13.1 Å². The van der Waals surface area contributed by atoms with Crippen molar-refractivity contribution in [1.82, 2.24) is 9.47 Å². The van der Waals surface area contributed by atoms with E-state index in [1.54, 1.807) is 18.2 Å². The zero-order valence-corrected chi connectivity index (χ0v) is 16.3. The van der Waals surface area contributed by atoms with Gasteiger partial charge in [0.15, 0.2) is 0 Å². The zero-order chi connectivity index (χ0) is 19.7. The molecule has 3 aromatic rings. The Morgan fingerprint density at radius 1 is 1.04 bits per heavy atom. The summed E-state index contributed by atoms with van der Waals surface area (Å²) in [5, 5.41) is 11.2. The number of fused-ring (bicyclic) bond motifs is 1. The normalized spacial score (nSPS) is 17.1. The van der Waals surface area contributed by atoms with Crippen LogP contribution in [0, 0.1) is 24.0 Å². The van der Waals surface area contributed by atoms with Gasteiger partial charge in [0.2, 0.25) is 0 Å². The molecule has 144 valence electrons. The zero-order valence-electron chi connectivity index (χ0n) is 16.3. The number of aryl methyl sites for hydroxylation is 3. The molecule has 0 saturated heterocycles. The lowest BCUT2D eigenvalue weighted by Crippen LogP contribution is -2.29. The number of nitro benzene ring substituents is 1. The first-order chi connectivity index (χ1) is 13.5. The summed E-state index contributed by atoms with van der Waals surface area (Å²) in [6.07, 6.45) is 3.21. The van der Waals surface area contributed by atoms with Crippen LogP contribution in [0.5, 0.6) is 0 Å². The summed E-state index contributed by atoms with van der Waals surface area (Å²) in [4.78, 5) is 13.3. The number of nitrogens with zero attached hydrogens (tertiary/aromatic N) is 3. The molecule has 0 radical (unpaired) electrons. The van der Waals surface area contributed by atoms with Gasteiger partial charge in [-0.2, -0.15) is 0 Å². The van der Waals surface area contributed by atoms with Gasteiger partial charge in [-0.15, -0.1) is 0 Å².